The summed E-state index contributed by atoms with van der Waals surface area (Å²) in [5.41, 5.74) is 2.01. The molecule has 25 heavy (non-hydrogen) atoms. The van der Waals surface area contributed by atoms with Crippen LogP contribution in [0.15, 0.2) is 59.0 Å². The van der Waals surface area contributed by atoms with Crippen molar-refractivity contribution >= 4 is 22.8 Å². The van der Waals surface area contributed by atoms with Crippen LogP contribution in [0.4, 0.5) is 4.39 Å². The Morgan fingerprint density at radius 2 is 1.80 bits per heavy atom. The molecule has 1 atom stereocenters. The quantitative estimate of drug-likeness (QED) is 0.671. The summed E-state index contributed by atoms with van der Waals surface area (Å²) in [6.07, 6.45) is -1.15. The molecule has 0 spiro atoms. The van der Waals surface area contributed by atoms with Crippen LogP contribution < -0.4 is 5.32 Å². The van der Waals surface area contributed by atoms with Crippen molar-refractivity contribution in [1.29, 1.82) is 0 Å². The second-order valence-corrected chi connectivity index (χ2v) is 5.62. The van der Waals surface area contributed by atoms with E-state index in [1.54, 1.807) is 24.3 Å². The zero-order chi connectivity index (χ0) is 17.6. The molecule has 0 bridgehead atoms. The van der Waals surface area contributed by atoms with Gasteiger partial charge in [0.1, 0.15) is 5.52 Å². The second-order valence-electron chi connectivity index (χ2n) is 5.62. The SMILES string of the molecule is O=C(CNC(=O)C(F)CCc1ccccc1)c1nc2ccccc2o1. The first kappa shape index (κ1) is 16.8. The molecule has 0 fully saturated rings. The normalized spacial score (nSPS) is 12.0. The molecule has 3 aromatic rings. The molecule has 128 valence electrons. The number of fused-ring (bicyclic) bond motifs is 1. The minimum atomic E-state index is -1.67. The Kier molecular flexibility index (Phi) is 5.18. The number of hydrogen-bond donors (Lipinski definition) is 1. The molecule has 1 amide bonds. The first-order valence-corrected chi connectivity index (χ1v) is 7.98. The number of carbonyl (C=O) groups excluding carboxylic acids is 2. The summed E-state index contributed by atoms with van der Waals surface area (Å²) in [5.74, 6) is -1.40. The van der Waals surface area contributed by atoms with Gasteiger partial charge >= 0.3 is 0 Å². The van der Waals surface area contributed by atoms with Crippen LogP contribution in [0.1, 0.15) is 22.7 Å². The number of ketones is 1. The van der Waals surface area contributed by atoms with Crippen LogP contribution in [-0.2, 0) is 11.2 Å². The minimum Gasteiger partial charge on any atom is -0.434 e. The van der Waals surface area contributed by atoms with E-state index in [9.17, 15) is 14.0 Å². The molecule has 5 nitrogen and oxygen atoms in total. The molecule has 0 aliphatic heterocycles. The highest BCUT2D eigenvalue weighted by Gasteiger charge is 2.20. The summed E-state index contributed by atoms with van der Waals surface area (Å²) in [4.78, 5) is 27.9. The van der Waals surface area contributed by atoms with Gasteiger partial charge in [-0.3, -0.25) is 9.59 Å². The third-order valence-electron chi connectivity index (χ3n) is 3.77. The highest BCUT2D eigenvalue weighted by molar-refractivity contribution is 5.97. The number of benzene rings is 2. The predicted octanol–water partition coefficient (Wildman–Crippen LogP) is 3.10. The molecule has 0 aliphatic carbocycles. The van der Waals surface area contributed by atoms with E-state index in [1.165, 1.54) is 0 Å². The Hall–Kier alpha value is -3.02. The van der Waals surface area contributed by atoms with Gasteiger partial charge in [0.25, 0.3) is 11.8 Å². The monoisotopic (exact) mass is 340 g/mol. The third kappa shape index (κ3) is 4.29. The number of aryl methyl sites for hydroxylation is 1. The fourth-order valence-electron chi connectivity index (χ4n) is 2.41. The lowest BCUT2D eigenvalue weighted by Gasteiger charge is -2.08. The smallest absolute Gasteiger partial charge is 0.266 e. The van der Waals surface area contributed by atoms with Crippen LogP contribution in [0, 0.1) is 0 Å². The van der Waals surface area contributed by atoms with Gasteiger partial charge in [-0.15, -0.1) is 0 Å². The molecule has 1 unspecified atom stereocenters. The molecule has 0 radical (unpaired) electrons. The third-order valence-corrected chi connectivity index (χ3v) is 3.77. The van der Waals surface area contributed by atoms with E-state index >= 15 is 0 Å². The van der Waals surface area contributed by atoms with Crippen molar-refractivity contribution in [3.63, 3.8) is 0 Å². The van der Waals surface area contributed by atoms with E-state index in [1.807, 2.05) is 30.3 Å². The number of aromatic nitrogens is 1. The van der Waals surface area contributed by atoms with Gasteiger partial charge in [-0.05, 0) is 30.5 Å². The first-order valence-electron chi connectivity index (χ1n) is 7.98. The van der Waals surface area contributed by atoms with Gasteiger partial charge in [0, 0.05) is 0 Å². The molecular formula is C19H17FN2O3. The zero-order valence-corrected chi connectivity index (χ0v) is 13.4. The van der Waals surface area contributed by atoms with Crippen LogP contribution in [0.25, 0.3) is 11.1 Å². The number of hydrogen-bond acceptors (Lipinski definition) is 4. The van der Waals surface area contributed by atoms with Crippen molar-refractivity contribution < 1.29 is 18.4 Å². The van der Waals surface area contributed by atoms with Crippen LogP contribution >= 0.6 is 0 Å². The van der Waals surface area contributed by atoms with Gasteiger partial charge in [-0.25, -0.2) is 9.37 Å². The van der Waals surface area contributed by atoms with E-state index in [0.29, 0.717) is 17.5 Å². The van der Waals surface area contributed by atoms with Crippen molar-refractivity contribution in [3.05, 3.63) is 66.1 Å². The highest BCUT2D eigenvalue weighted by Crippen LogP contribution is 2.14. The summed E-state index contributed by atoms with van der Waals surface area (Å²) >= 11 is 0. The van der Waals surface area contributed by atoms with Crippen molar-refractivity contribution in [1.82, 2.24) is 10.3 Å². The summed E-state index contributed by atoms with van der Waals surface area (Å²) in [6.45, 7) is -0.350. The van der Waals surface area contributed by atoms with E-state index < -0.39 is 17.9 Å². The Labute approximate surface area is 143 Å². The molecule has 1 N–H and O–H groups in total. The Bertz CT molecular complexity index is 844. The minimum absolute atomic E-state index is 0.0624. The number of carbonyl (C=O) groups is 2. The maximum absolute atomic E-state index is 13.9. The molecule has 1 heterocycles. The number of halogens is 1. The molecule has 0 aliphatic rings. The van der Waals surface area contributed by atoms with E-state index in [-0.39, 0.29) is 18.9 Å². The van der Waals surface area contributed by atoms with Gasteiger partial charge in [0.15, 0.2) is 11.8 Å². The number of Topliss-reactive ketones (excluding diaryl/α,β-unsaturated/α-hetero) is 1. The number of nitrogens with zero attached hydrogens (tertiary/aromatic N) is 1. The maximum Gasteiger partial charge on any atom is 0.266 e. The first-order chi connectivity index (χ1) is 12.1. The lowest BCUT2D eigenvalue weighted by Crippen LogP contribution is -2.36. The zero-order valence-electron chi connectivity index (χ0n) is 13.4. The number of para-hydroxylation sites is 2. The van der Waals surface area contributed by atoms with Crippen molar-refractivity contribution in [2.24, 2.45) is 0 Å². The summed E-state index contributed by atoms with van der Waals surface area (Å²) < 4.78 is 19.3. The fourth-order valence-corrected chi connectivity index (χ4v) is 2.41. The fraction of sp³-hybridized carbons (Fsp3) is 0.211. The van der Waals surface area contributed by atoms with Crippen LogP contribution in [0.5, 0.6) is 0 Å². The number of amides is 1. The highest BCUT2D eigenvalue weighted by atomic mass is 19.1. The maximum atomic E-state index is 13.9. The van der Waals surface area contributed by atoms with Gasteiger partial charge in [0.05, 0.1) is 6.54 Å². The molecule has 2 aromatic carbocycles. The van der Waals surface area contributed by atoms with E-state index in [0.717, 1.165) is 5.56 Å². The molecule has 0 saturated carbocycles. The van der Waals surface area contributed by atoms with E-state index in [2.05, 4.69) is 10.3 Å². The summed E-state index contributed by atoms with van der Waals surface area (Å²) in [6, 6.07) is 16.3. The number of rotatable bonds is 7. The van der Waals surface area contributed by atoms with Crippen molar-refractivity contribution in [3.8, 4) is 0 Å². The number of alkyl halides is 1. The van der Waals surface area contributed by atoms with Crippen molar-refractivity contribution in [2.75, 3.05) is 6.54 Å². The number of oxazole rings is 1. The number of nitrogens with one attached hydrogen (secondary N) is 1. The Morgan fingerprint density at radius 3 is 2.56 bits per heavy atom. The van der Waals surface area contributed by atoms with Gasteiger partial charge < -0.3 is 9.73 Å². The summed E-state index contributed by atoms with van der Waals surface area (Å²) in [5, 5.41) is 2.30. The van der Waals surface area contributed by atoms with E-state index in [4.69, 9.17) is 4.42 Å². The van der Waals surface area contributed by atoms with Crippen LogP contribution in [-0.4, -0.2) is 29.4 Å². The standard InChI is InChI=1S/C19H17FN2O3/c20-14(11-10-13-6-2-1-3-7-13)18(24)21-12-16(23)19-22-15-8-4-5-9-17(15)25-19/h1-9,14H,10-12H2,(H,21,24). The van der Waals surface area contributed by atoms with Crippen molar-refractivity contribution in [2.45, 2.75) is 19.0 Å². The van der Waals surface area contributed by atoms with Gasteiger partial charge in [-0.2, -0.15) is 0 Å². The van der Waals surface area contributed by atoms with Gasteiger partial charge in [-0.1, -0.05) is 42.5 Å². The van der Waals surface area contributed by atoms with Crippen LogP contribution in [0.3, 0.4) is 0 Å². The molecular weight excluding hydrogens is 323 g/mol. The average Bonchev–Trinajstić information content (AvgIpc) is 3.09. The van der Waals surface area contributed by atoms with Gasteiger partial charge in [0.2, 0.25) is 5.78 Å². The lowest BCUT2D eigenvalue weighted by atomic mass is 10.1. The predicted molar refractivity (Wildman–Crippen MR) is 91.0 cm³/mol. The van der Waals surface area contributed by atoms with Crippen LogP contribution in [0.2, 0.25) is 0 Å². The molecule has 1 aromatic heterocycles. The topological polar surface area (TPSA) is 72.2 Å². The Morgan fingerprint density at radius 1 is 1.08 bits per heavy atom. The largest absolute Gasteiger partial charge is 0.434 e. The summed E-state index contributed by atoms with van der Waals surface area (Å²) in [7, 11) is 0. The average molecular weight is 340 g/mol. The molecule has 6 heteroatoms. The molecule has 0 saturated heterocycles. The Balaban J connectivity index is 1.50. The lowest BCUT2D eigenvalue weighted by molar-refractivity contribution is -0.125. The second kappa shape index (κ2) is 7.70. The molecule has 3 rings (SSSR count).